The fourth-order valence-electron chi connectivity index (χ4n) is 2.00. The van der Waals surface area contributed by atoms with Crippen LogP contribution in [0.25, 0.3) is 0 Å². The van der Waals surface area contributed by atoms with E-state index in [1.54, 1.807) is 37.1 Å². The van der Waals surface area contributed by atoms with Gasteiger partial charge in [-0.05, 0) is 48.0 Å². The van der Waals surface area contributed by atoms with Gasteiger partial charge in [-0.25, -0.2) is 9.78 Å². The van der Waals surface area contributed by atoms with Crippen molar-refractivity contribution in [2.75, 3.05) is 12.8 Å². The first-order valence-corrected chi connectivity index (χ1v) is 9.31. The van der Waals surface area contributed by atoms with E-state index >= 15 is 0 Å². The number of rotatable bonds is 5. The second kappa shape index (κ2) is 10.4. The largest absolute Gasteiger partial charge is 0.497 e. The Morgan fingerprint density at radius 3 is 2.48 bits per heavy atom. The number of hydrogen-bond acceptors (Lipinski definition) is 5. The Hall–Kier alpha value is -2.70. The fraction of sp³-hybridized carbons (Fsp3) is 0.100. The number of aromatic carboxylic acids is 1. The molecule has 0 unspecified atom stereocenters. The first kappa shape index (κ1) is 20.6. The maximum atomic E-state index is 10.1. The van der Waals surface area contributed by atoms with E-state index in [1.165, 1.54) is 17.8 Å². The number of thioether (sulfide) groups is 1. The molecule has 5 nitrogen and oxygen atoms in total. The summed E-state index contributed by atoms with van der Waals surface area (Å²) in [4.78, 5) is 14.7. The van der Waals surface area contributed by atoms with Crippen LogP contribution in [0.3, 0.4) is 0 Å². The molecule has 1 heterocycles. The number of ether oxygens (including phenoxy) is 1. The minimum atomic E-state index is -0.990. The fourth-order valence-corrected chi connectivity index (χ4v) is 3.22. The zero-order chi connectivity index (χ0) is 19.6. The number of halogens is 1. The van der Waals surface area contributed by atoms with Gasteiger partial charge in [0.2, 0.25) is 0 Å². The van der Waals surface area contributed by atoms with Crippen molar-refractivity contribution in [2.45, 2.75) is 10.6 Å². The third-order valence-corrected chi connectivity index (χ3v) is 4.96. The maximum absolute atomic E-state index is 10.1. The molecule has 0 aliphatic heterocycles. The third kappa shape index (κ3) is 6.84. The molecular formula is C20H19ClN2O3S. The zero-order valence-electron chi connectivity index (χ0n) is 14.6. The first-order valence-electron chi connectivity index (χ1n) is 7.94. The number of carboxylic acids is 1. The second-order valence-corrected chi connectivity index (χ2v) is 6.77. The van der Waals surface area contributed by atoms with E-state index in [0.717, 1.165) is 27.1 Å². The highest BCUT2D eigenvalue weighted by atomic mass is 35.5. The molecule has 0 fully saturated rings. The number of hydrogen-bond donors (Lipinski definition) is 2. The van der Waals surface area contributed by atoms with E-state index in [9.17, 15) is 4.79 Å². The highest BCUT2D eigenvalue weighted by Gasteiger charge is 2.03. The van der Waals surface area contributed by atoms with Gasteiger partial charge in [0.1, 0.15) is 11.4 Å². The summed E-state index contributed by atoms with van der Waals surface area (Å²) in [6.07, 6.45) is 1.45. The van der Waals surface area contributed by atoms with Gasteiger partial charge in [-0.2, -0.15) is 0 Å². The van der Waals surface area contributed by atoms with Crippen molar-refractivity contribution in [3.63, 3.8) is 0 Å². The van der Waals surface area contributed by atoms with Crippen LogP contribution in [-0.2, 0) is 5.75 Å². The summed E-state index contributed by atoms with van der Waals surface area (Å²) in [5, 5.41) is 9.06. The van der Waals surface area contributed by atoms with Gasteiger partial charge in [-0.15, -0.1) is 11.8 Å². The first-order chi connectivity index (χ1) is 13.0. The van der Waals surface area contributed by atoms with Crippen LogP contribution in [0.2, 0.25) is 5.02 Å². The van der Waals surface area contributed by atoms with Crippen molar-refractivity contribution >= 4 is 35.0 Å². The van der Waals surface area contributed by atoms with E-state index in [1.807, 2.05) is 36.4 Å². The molecule has 0 bridgehead atoms. The maximum Gasteiger partial charge on any atom is 0.354 e. The van der Waals surface area contributed by atoms with Gasteiger partial charge in [0.05, 0.1) is 12.1 Å². The van der Waals surface area contributed by atoms with Gasteiger partial charge in [0.15, 0.2) is 0 Å². The molecule has 0 atom stereocenters. The van der Waals surface area contributed by atoms with Crippen LogP contribution in [0.4, 0.5) is 5.69 Å². The van der Waals surface area contributed by atoms with E-state index in [4.69, 9.17) is 27.2 Å². The SMILES string of the molecule is COc1ccc(CSc2cc(N)ccc2Cl)cc1.O=C(O)c1ccccn1. The smallest absolute Gasteiger partial charge is 0.354 e. The molecule has 0 radical (unpaired) electrons. The van der Waals surface area contributed by atoms with Gasteiger partial charge in [0.25, 0.3) is 0 Å². The number of nitrogen functional groups attached to an aromatic ring is 1. The van der Waals surface area contributed by atoms with Gasteiger partial charge in [-0.1, -0.05) is 29.8 Å². The minimum absolute atomic E-state index is 0.0810. The molecule has 0 aliphatic carbocycles. The number of anilines is 1. The van der Waals surface area contributed by atoms with Crippen molar-refractivity contribution in [1.29, 1.82) is 0 Å². The highest BCUT2D eigenvalue weighted by Crippen LogP contribution is 2.31. The van der Waals surface area contributed by atoms with E-state index in [2.05, 4.69) is 4.98 Å². The summed E-state index contributed by atoms with van der Waals surface area (Å²) in [5.41, 5.74) is 7.78. The van der Waals surface area contributed by atoms with Crippen molar-refractivity contribution < 1.29 is 14.6 Å². The van der Waals surface area contributed by atoms with Crippen LogP contribution >= 0.6 is 23.4 Å². The lowest BCUT2D eigenvalue weighted by Gasteiger charge is -2.06. The Morgan fingerprint density at radius 2 is 1.93 bits per heavy atom. The summed E-state index contributed by atoms with van der Waals surface area (Å²) in [6, 6.07) is 18.3. The summed E-state index contributed by atoms with van der Waals surface area (Å²) < 4.78 is 5.12. The molecule has 140 valence electrons. The highest BCUT2D eigenvalue weighted by molar-refractivity contribution is 7.98. The number of carbonyl (C=O) groups is 1. The lowest BCUT2D eigenvalue weighted by Crippen LogP contribution is -1.97. The van der Waals surface area contributed by atoms with Crippen LogP contribution in [0.1, 0.15) is 16.1 Å². The Bertz CT molecular complexity index is 874. The lowest BCUT2D eigenvalue weighted by atomic mass is 10.2. The van der Waals surface area contributed by atoms with Crippen molar-refractivity contribution in [3.8, 4) is 5.75 Å². The van der Waals surface area contributed by atoms with Gasteiger partial charge in [-0.3, -0.25) is 0 Å². The average Bonchev–Trinajstić information content (AvgIpc) is 2.70. The topological polar surface area (TPSA) is 85.4 Å². The van der Waals surface area contributed by atoms with Crippen molar-refractivity contribution in [2.24, 2.45) is 0 Å². The molecule has 0 spiro atoms. The molecule has 0 saturated carbocycles. The average molecular weight is 403 g/mol. The Labute approximate surface area is 167 Å². The minimum Gasteiger partial charge on any atom is -0.497 e. The van der Waals surface area contributed by atoms with Crippen molar-refractivity contribution in [3.05, 3.63) is 83.1 Å². The summed E-state index contributed by atoms with van der Waals surface area (Å²) in [7, 11) is 1.66. The van der Waals surface area contributed by atoms with Crippen LogP contribution in [-0.4, -0.2) is 23.2 Å². The van der Waals surface area contributed by atoms with Crippen LogP contribution in [0, 0.1) is 0 Å². The monoisotopic (exact) mass is 402 g/mol. The number of methoxy groups -OCH3 is 1. The predicted octanol–water partition coefficient (Wildman–Crippen LogP) is 5.00. The molecule has 0 amide bonds. The number of aromatic nitrogens is 1. The molecule has 1 aromatic heterocycles. The predicted molar refractivity (Wildman–Crippen MR) is 110 cm³/mol. The van der Waals surface area contributed by atoms with E-state index in [0.29, 0.717) is 0 Å². The van der Waals surface area contributed by atoms with Crippen LogP contribution in [0.15, 0.2) is 71.8 Å². The Balaban J connectivity index is 0.000000244. The molecule has 2 aromatic carbocycles. The number of carboxylic acid groups (broad SMARTS) is 1. The second-order valence-electron chi connectivity index (χ2n) is 5.35. The molecule has 0 aliphatic rings. The molecule has 3 rings (SSSR count). The number of pyridine rings is 1. The molecule has 3 N–H and O–H groups in total. The standard InChI is InChI=1S/C14H14ClNOS.C6H5NO2/c1-17-12-5-2-10(3-6-12)9-18-14-8-11(16)4-7-13(14)15;8-6(9)5-3-1-2-4-7-5/h2-8H,9,16H2,1H3;1-4H,(H,8,9). The summed E-state index contributed by atoms with van der Waals surface area (Å²) >= 11 is 7.79. The Kier molecular flexibility index (Phi) is 7.98. The van der Waals surface area contributed by atoms with E-state index < -0.39 is 5.97 Å². The van der Waals surface area contributed by atoms with Gasteiger partial charge in [0, 0.05) is 22.5 Å². The number of nitrogens with zero attached hydrogens (tertiary/aromatic N) is 1. The van der Waals surface area contributed by atoms with Gasteiger partial charge < -0.3 is 15.6 Å². The summed E-state index contributed by atoms with van der Waals surface area (Å²) in [6.45, 7) is 0. The molecule has 0 saturated heterocycles. The van der Waals surface area contributed by atoms with E-state index in [-0.39, 0.29) is 5.69 Å². The Morgan fingerprint density at radius 1 is 1.19 bits per heavy atom. The molecule has 27 heavy (non-hydrogen) atoms. The molecule has 3 aromatic rings. The quantitative estimate of drug-likeness (QED) is 0.461. The number of benzene rings is 2. The normalized spacial score (nSPS) is 9.85. The zero-order valence-corrected chi connectivity index (χ0v) is 16.2. The number of nitrogens with two attached hydrogens (primary N) is 1. The lowest BCUT2D eigenvalue weighted by molar-refractivity contribution is 0.0690. The third-order valence-electron chi connectivity index (χ3n) is 3.39. The molecular weight excluding hydrogens is 384 g/mol. The molecule has 7 heteroatoms. The van der Waals surface area contributed by atoms with Crippen LogP contribution < -0.4 is 10.5 Å². The van der Waals surface area contributed by atoms with Crippen molar-refractivity contribution in [1.82, 2.24) is 4.98 Å². The van der Waals surface area contributed by atoms with Crippen LogP contribution in [0.5, 0.6) is 5.75 Å². The summed E-state index contributed by atoms with van der Waals surface area (Å²) in [5.74, 6) is 0.731. The van der Waals surface area contributed by atoms with Gasteiger partial charge >= 0.3 is 5.97 Å².